The van der Waals surface area contributed by atoms with Crippen molar-refractivity contribution in [3.8, 4) is 11.4 Å². The molecule has 4 aromatic heterocycles. The third-order valence-electron chi connectivity index (χ3n) is 6.58. The number of fused-ring (bicyclic) bond motifs is 1. The van der Waals surface area contributed by atoms with Crippen LogP contribution < -0.4 is 10.9 Å². The molecule has 0 radical (unpaired) electrons. The zero-order chi connectivity index (χ0) is 28.8. The largest absolute Gasteiger partial charge is 0.409 e. The van der Waals surface area contributed by atoms with Crippen LogP contribution in [0.4, 0.5) is 19.0 Å². The van der Waals surface area contributed by atoms with Gasteiger partial charge in [0, 0.05) is 25.4 Å². The number of hydrogen-bond donors (Lipinski definition) is 1. The van der Waals surface area contributed by atoms with E-state index in [0.29, 0.717) is 27.1 Å². The van der Waals surface area contributed by atoms with E-state index in [0.717, 1.165) is 25.5 Å². The summed E-state index contributed by atoms with van der Waals surface area (Å²) in [6, 6.07) is 0.870. The summed E-state index contributed by atoms with van der Waals surface area (Å²) in [5.74, 6) is 0.0443. The Morgan fingerprint density at radius 1 is 1.15 bits per heavy atom. The van der Waals surface area contributed by atoms with Crippen LogP contribution in [0.5, 0.6) is 0 Å². The molecular formula is C25H24F3N9O2S. The van der Waals surface area contributed by atoms with E-state index >= 15 is 0 Å². The van der Waals surface area contributed by atoms with Crippen LogP contribution in [0.15, 0.2) is 38.9 Å². The molecule has 0 aromatic carbocycles. The Hall–Kier alpha value is -4.14. The average molecular weight is 572 g/mol. The van der Waals surface area contributed by atoms with E-state index in [-0.39, 0.29) is 40.3 Å². The monoisotopic (exact) mass is 571 g/mol. The summed E-state index contributed by atoms with van der Waals surface area (Å²) in [6.07, 6.45) is -0.0205. The minimum Gasteiger partial charge on any atom is -0.361 e. The molecule has 4 aromatic rings. The van der Waals surface area contributed by atoms with Crippen molar-refractivity contribution in [3.63, 3.8) is 0 Å². The number of alkyl halides is 3. The normalized spacial score (nSPS) is 15.2. The lowest BCUT2D eigenvalue weighted by atomic mass is 10.1. The van der Waals surface area contributed by atoms with Gasteiger partial charge in [-0.2, -0.15) is 17.6 Å². The summed E-state index contributed by atoms with van der Waals surface area (Å²) in [7, 11) is -1.71. The van der Waals surface area contributed by atoms with E-state index < -0.39 is 28.8 Å². The molecule has 11 nitrogen and oxygen atoms in total. The van der Waals surface area contributed by atoms with Gasteiger partial charge in [-0.1, -0.05) is 6.07 Å². The molecule has 1 fully saturated rings. The van der Waals surface area contributed by atoms with Crippen LogP contribution >= 0.6 is 0 Å². The molecule has 0 spiro atoms. The molecule has 0 saturated heterocycles. The first-order chi connectivity index (χ1) is 19.0. The van der Waals surface area contributed by atoms with Crippen molar-refractivity contribution in [3.05, 3.63) is 57.7 Å². The molecule has 1 unspecified atom stereocenters. The molecule has 1 aliphatic carbocycles. The lowest BCUT2D eigenvalue weighted by molar-refractivity contribution is -0.162. The van der Waals surface area contributed by atoms with Gasteiger partial charge in [0.1, 0.15) is 22.9 Å². The van der Waals surface area contributed by atoms with Gasteiger partial charge in [0.25, 0.3) is 5.56 Å². The zero-order valence-corrected chi connectivity index (χ0v) is 22.5. The quantitative estimate of drug-likeness (QED) is 0.311. The fourth-order valence-corrected chi connectivity index (χ4v) is 4.72. The van der Waals surface area contributed by atoms with Crippen LogP contribution in [0.3, 0.4) is 0 Å². The molecule has 2 atom stereocenters. The summed E-state index contributed by atoms with van der Waals surface area (Å²) in [4.78, 5) is 39.5. The summed E-state index contributed by atoms with van der Waals surface area (Å²) < 4.78 is 57.8. The van der Waals surface area contributed by atoms with Crippen LogP contribution in [0, 0.1) is 13.8 Å². The number of hydrogen-bond acceptors (Lipinski definition) is 9. The molecule has 1 N–H and O–H groups in total. The highest BCUT2D eigenvalue weighted by atomic mass is 32.2. The lowest BCUT2D eigenvalue weighted by Crippen LogP contribution is -2.35. The van der Waals surface area contributed by atoms with Crippen LogP contribution in [-0.2, 0) is 17.5 Å². The molecule has 4 heterocycles. The van der Waals surface area contributed by atoms with Crippen molar-refractivity contribution in [1.29, 1.82) is 0 Å². The number of aromatic nitrogens is 7. The second-order valence-corrected chi connectivity index (χ2v) is 10.6. The van der Waals surface area contributed by atoms with Crippen molar-refractivity contribution in [1.82, 2.24) is 34.5 Å². The topological polar surface area (TPSA) is 141 Å². The van der Waals surface area contributed by atoms with Gasteiger partial charge in [0.2, 0.25) is 0 Å². The van der Waals surface area contributed by atoms with E-state index in [9.17, 15) is 22.2 Å². The van der Waals surface area contributed by atoms with Crippen LogP contribution in [-0.4, -0.2) is 51.6 Å². The minimum atomic E-state index is -4.74. The Morgan fingerprint density at radius 3 is 2.52 bits per heavy atom. The van der Waals surface area contributed by atoms with Gasteiger partial charge in [0.15, 0.2) is 28.3 Å². The summed E-state index contributed by atoms with van der Waals surface area (Å²) in [5.41, 5.74) is 1.56. The Kier molecular flexibility index (Phi) is 7.16. The van der Waals surface area contributed by atoms with E-state index in [1.54, 1.807) is 19.9 Å². The van der Waals surface area contributed by atoms with Gasteiger partial charge in [-0.3, -0.25) is 9.36 Å². The number of nitrogens with one attached hydrogen (secondary N) is 1. The first kappa shape index (κ1) is 27.4. The SMILES string of the molecule is C=NS(=O)c1ccc(CNc2nc3c(C)nc(-c4c(C)ncnc4C4CC4)nc3n([C@@H](C)C(F)(F)F)c2=O)cn1. The number of anilines is 1. The molecule has 0 bridgehead atoms. The number of nitrogens with zero attached hydrogens (tertiary/aromatic N) is 8. The van der Waals surface area contributed by atoms with Gasteiger partial charge >= 0.3 is 6.18 Å². The first-order valence-electron chi connectivity index (χ1n) is 12.3. The second-order valence-electron chi connectivity index (χ2n) is 9.39. The molecule has 1 aliphatic rings. The number of halogens is 3. The van der Waals surface area contributed by atoms with E-state index in [1.807, 2.05) is 0 Å². The highest BCUT2D eigenvalue weighted by Crippen LogP contribution is 2.43. The van der Waals surface area contributed by atoms with Gasteiger partial charge in [-0.15, -0.1) is 0 Å². The second kappa shape index (κ2) is 10.4. The van der Waals surface area contributed by atoms with E-state index in [4.69, 9.17) is 0 Å². The first-order valence-corrected chi connectivity index (χ1v) is 13.4. The van der Waals surface area contributed by atoms with Crippen LogP contribution in [0.1, 0.15) is 54.4 Å². The van der Waals surface area contributed by atoms with Crippen molar-refractivity contribution in [2.75, 3.05) is 5.32 Å². The maximum atomic E-state index is 14.0. The Balaban J connectivity index is 1.62. The van der Waals surface area contributed by atoms with Crippen molar-refractivity contribution >= 4 is 34.7 Å². The standard InChI is InChI=1S/C25H24F3N9O2S/c1-12-18(20(16-6-7-16)33-11-32-12)21-34-13(2)19-23(36-21)37(14(3)25(26,27)28)24(38)22(35-19)31-10-15-5-8-17(30-9-15)40(39)29-4/h5,8-9,11,14,16H,4,6-7,10H2,1-3H3,(H,31,35)/t14-,40?/m0/s1. The number of rotatable bonds is 8. The van der Waals surface area contributed by atoms with Crippen molar-refractivity contribution in [2.45, 2.75) is 63.3 Å². The number of pyridine rings is 1. The molecule has 15 heteroatoms. The average Bonchev–Trinajstić information content (AvgIpc) is 3.76. The van der Waals surface area contributed by atoms with E-state index in [2.05, 4.69) is 46.3 Å². The highest BCUT2D eigenvalue weighted by Gasteiger charge is 2.40. The highest BCUT2D eigenvalue weighted by molar-refractivity contribution is 7.83. The Bertz CT molecular complexity index is 1700. The summed E-state index contributed by atoms with van der Waals surface area (Å²) in [5, 5.41) is 3.00. The van der Waals surface area contributed by atoms with Gasteiger partial charge < -0.3 is 5.32 Å². The third kappa shape index (κ3) is 5.20. The summed E-state index contributed by atoms with van der Waals surface area (Å²) in [6.45, 7) is 7.48. The smallest absolute Gasteiger partial charge is 0.361 e. The molecule has 0 aliphatic heterocycles. The van der Waals surface area contributed by atoms with E-state index in [1.165, 1.54) is 18.6 Å². The minimum absolute atomic E-state index is 0.0128. The van der Waals surface area contributed by atoms with Gasteiger partial charge in [-0.25, -0.2) is 34.1 Å². The summed E-state index contributed by atoms with van der Waals surface area (Å²) >= 11 is 0. The Morgan fingerprint density at radius 2 is 1.90 bits per heavy atom. The fourth-order valence-electron chi connectivity index (χ4n) is 4.26. The molecular weight excluding hydrogens is 547 g/mol. The molecule has 0 amide bonds. The predicted molar refractivity (Wildman–Crippen MR) is 142 cm³/mol. The van der Waals surface area contributed by atoms with Crippen molar-refractivity contribution in [2.24, 2.45) is 4.40 Å². The molecule has 5 rings (SSSR count). The zero-order valence-electron chi connectivity index (χ0n) is 21.7. The maximum absolute atomic E-state index is 14.0. The fraction of sp³-hybridized carbons (Fsp3) is 0.360. The maximum Gasteiger partial charge on any atom is 0.409 e. The number of aryl methyl sites for hydroxylation is 2. The van der Waals surface area contributed by atoms with Gasteiger partial charge in [0.05, 0.1) is 22.6 Å². The third-order valence-corrected chi connectivity index (χ3v) is 7.42. The van der Waals surface area contributed by atoms with Crippen LogP contribution in [0.25, 0.3) is 22.6 Å². The van der Waals surface area contributed by atoms with Gasteiger partial charge in [-0.05, 0) is 45.2 Å². The van der Waals surface area contributed by atoms with Crippen molar-refractivity contribution < 1.29 is 17.4 Å². The lowest BCUT2D eigenvalue weighted by Gasteiger charge is -2.22. The Labute approximate surface area is 228 Å². The molecule has 40 heavy (non-hydrogen) atoms. The van der Waals surface area contributed by atoms with Crippen LogP contribution in [0.2, 0.25) is 0 Å². The predicted octanol–water partition coefficient (Wildman–Crippen LogP) is 3.99. The molecule has 208 valence electrons. The molecule has 1 saturated carbocycles.